The van der Waals surface area contributed by atoms with Gasteiger partial charge in [0, 0.05) is 12.6 Å². The Balaban J connectivity index is 2.15. The standard InChI is InChI=1S/C15H15FN2O3/c1-15(19,11-6-8-12(16)9-7-11)10-17-13-4-2-3-5-14(13)18(20)21/h2-9,17,19H,10H2,1H3. The smallest absolute Gasteiger partial charge is 0.292 e. The minimum Gasteiger partial charge on any atom is -0.384 e. The molecular formula is C15H15FN2O3. The molecule has 0 saturated heterocycles. The lowest BCUT2D eigenvalue weighted by atomic mass is 9.96. The molecule has 1 unspecified atom stereocenters. The highest BCUT2D eigenvalue weighted by Crippen LogP contribution is 2.26. The van der Waals surface area contributed by atoms with E-state index in [1.807, 2.05) is 0 Å². The molecule has 0 heterocycles. The fraction of sp³-hybridized carbons (Fsp3) is 0.200. The molecular weight excluding hydrogens is 275 g/mol. The number of hydrogen-bond acceptors (Lipinski definition) is 4. The number of halogens is 1. The van der Waals surface area contributed by atoms with Gasteiger partial charge in [-0.15, -0.1) is 0 Å². The van der Waals surface area contributed by atoms with Gasteiger partial charge in [-0.05, 0) is 30.7 Å². The van der Waals surface area contributed by atoms with E-state index in [0.29, 0.717) is 11.3 Å². The molecule has 2 aromatic carbocycles. The van der Waals surface area contributed by atoms with Crippen molar-refractivity contribution in [2.75, 3.05) is 11.9 Å². The number of nitro benzene ring substituents is 1. The van der Waals surface area contributed by atoms with E-state index in [1.165, 1.54) is 30.3 Å². The number of para-hydroxylation sites is 2. The molecule has 0 saturated carbocycles. The number of nitrogens with zero attached hydrogens (tertiary/aromatic N) is 1. The number of rotatable bonds is 5. The minimum absolute atomic E-state index is 0.0590. The first-order valence-corrected chi connectivity index (χ1v) is 6.36. The van der Waals surface area contributed by atoms with E-state index in [1.54, 1.807) is 25.1 Å². The van der Waals surface area contributed by atoms with Crippen LogP contribution in [0.4, 0.5) is 15.8 Å². The second-order valence-corrected chi connectivity index (χ2v) is 4.91. The summed E-state index contributed by atoms with van der Waals surface area (Å²) < 4.78 is 12.9. The van der Waals surface area contributed by atoms with Crippen LogP contribution in [0, 0.1) is 15.9 Å². The second-order valence-electron chi connectivity index (χ2n) is 4.91. The monoisotopic (exact) mass is 290 g/mol. The molecule has 0 aliphatic carbocycles. The van der Waals surface area contributed by atoms with Crippen molar-refractivity contribution in [3.8, 4) is 0 Å². The van der Waals surface area contributed by atoms with Crippen LogP contribution < -0.4 is 5.32 Å². The predicted molar refractivity (Wildman–Crippen MR) is 77.6 cm³/mol. The molecule has 0 aromatic heterocycles. The van der Waals surface area contributed by atoms with Crippen LogP contribution in [0.25, 0.3) is 0 Å². The fourth-order valence-corrected chi connectivity index (χ4v) is 1.96. The average Bonchev–Trinajstić information content (AvgIpc) is 2.46. The molecule has 0 spiro atoms. The van der Waals surface area contributed by atoms with E-state index >= 15 is 0 Å². The third kappa shape index (κ3) is 3.55. The maximum atomic E-state index is 12.9. The Kier molecular flexibility index (Phi) is 4.18. The highest BCUT2D eigenvalue weighted by Gasteiger charge is 2.24. The van der Waals surface area contributed by atoms with Gasteiger partial charge >= 0.3 is 0 Å². The summed E-state index contributed by atoms with van der Waals surface area (Å²) in [4.78, 5) is 10.4. The van der Waals surface area contributed by atoms with Crippen LogP contribution in [-0.4, -0.2) is 16.6 Å². The summed E-state index contributed by atoms with van der Waals surface area (Å²) in [7, 11) is 0. The molecule has 21 heavy (non-hydrogen) atoms. The molecule has 6 heteroatoms. The van der Waals surface area contributed by atoms with Crippen molar-refractivity contribution < 1.29 is 14.4 Å². The molecule has 2 aromatic rings. The highest BCUT2D eigenvalue weighted by atomic mass is 19.1. The van der Waals surface area contributed by atoms with E-state index < -0.39 is 10.5 Å². The van der Waals surface area contributed by atoms with Crippen LogP contribution in [0.1, 0.15) is 12.5 Å². The molecule has 0 radical (unpaired) electrons. The van der Waals surface area contributed by atoms with Crippen LogP contribution >= 0.6 is 0 Å². The number of benzene rings is 2. The summed E-state index contributed by atoms with van der Waals surface area (Å²) in [6.07, 6.45) is 0. The van der Waals surface area contributed by atoms with Gasteiger partial charge in [0.05, 0.1) is 4.92 Å². The number of nitrogens with one attached hydrogen (secondary N) is 1. The van der Waals surface area contributed by atoms with E-state index in [2.05, 4.69) is 5.32 Å². The molecule has 0 fully saturated rings. The molecule has 2 N–H and O–H groups in total. The first-order chi connectivity index (χ1) is 9.90. The van der Waals surface area contributed by atoms with Crippen LogP contribution in [0.5, 0.6) is 0 Å². The Morgan fingerprint density at radius 3 is 2.48 bits per heavy atom. The fourth-order valence-electron chi connectivity index (χ4n) is 1.96. The largest absolute Gasteiger partial charge is 0.384 e. The van der Waals surface area contributed by atoms with Gasteiger partial charge in [0.2, 0.25) is 0 Å². The van der Waals surface area contributed by atoms with Gasteiger partial charge in [-0.25, -0.2) is 4.39 Å². The Morgan fingerprint density at radius 2 is 1.86 bits per heavy atom. The van der Waals surface area contributed by atoms with Crippen molar-refractivity contribution in [2.45, 2.75) is 12.5 Å². The minimum atomic E-state index is -1.28. The zero-order valence-corrected chi connectivity index (χ0v) is 11.4. The van der Waals surface area contributed by atoms with Gasteiger partial charge < -0.3 is 10.4 Å². The molecule has 0 aliphatic rings. The van der Waals surface area contributed by atoms with Gasteiger partial charge in [-0.2, -0.15) is 0 Å². The van der Waals surface area contributed by atoms with Crippen LogP contribution in [0.2, 0.25) is 0 Å². The lowest BCUT2D eigenvalue weighted by molar-refractivity contribution is -0.384. The first kappa shape index (κ1) is 14.9. The molecule has 0 amide bonds. The van der Waals surface area contributed by atoms with E-state index in [4.69, 9.17) is 0 Å². The SMILES string of the molecule is CC(O)(CNc1ccccc1[N+](=O)[O-])c1ccc(F)cc1. The molecule has 2 rings (SSSR count). The summed E-state index contributed by atoms with van der Waals surface area (Å²) in [5.74, 6) is -0.388. The van der Waals surface area contributed by atoms with Crippen LogP contribution in [0.3, 0.4) is 0 Å². The van der Waals surface area contributed by atoms with Crippen LogP contribution in [0.15, 0.2) is 48.5 Å². The van der Waals surface area contributed by atoms with Gasteiger partial charge in [0.1, 0.15) is 17.1 Å². The number of nitro groups is 1. The zero-order valence-electron chi connectivity index (χ0n) is 11.4. The van der Waals surface area contributed by atoms with Crippen molar-refractivity contribution in [3.63, 3.8) is 0 Å². The Labute approximate surface area is 121 Å². The van der Waals surface area contributed by atoms with E-state index in [9.17, 15) is 19.6 Å². The number of anilines is 1. The summed E-state index contributed by atoms with van der Waals surface area (Å²) in [6, 6.07) is 11.7. The second kappa shape index (κ2) is 5.88. The Hall–Kier alpha value is -2.47. The number of aliphatic hydroxyl groups is 1. The topological polar surface area (TPSA) is 75.4 Å². The molecule has 0 aliphatic heterocycles. The first-order valence-electron chi connectivity index (χ1n) is 6.36. The van der Waals surface area contributed by atoms with Gasteiger partial charge in [0.25, 0.3) is 5.69 Å². The summed E-state index contributed by atoms with van der Waals surface area (Å²) in [5.41, 5.74) is -0.496. The average molecular weight is 290 g/mol. The van der Waals surface area contributed by atoms with Gasteiger partial charge in [-0.1, -0.05) is 24.3 Å². The zero-order chi connectivity index (χ0) is 15.5. The third-order valence-corrected chi connectivity index (χ3v) is 3.19. The maximum Gasteiger partial charge on any atom is 0.292 e. The third-order valence-electron chi connectivity index (χ3n) is 3.19. The Morgan fingerprint density at radius 1 is 1.24 bits per heavy atom. The predicted octanol–water partition coefficient (Wildman–Crippen LogP) is 3.05. The van der Waals surface area contributed by atoms with E-state index in [-0.39, 0.29) is 18.0 Å². The molecule has 1 atom stereocenters. The van der Waals surface area contributed by atoms with Crippen molar-refractivity contribution in [3.05, 3.63) is 70.0 Å². The summed E-state index contributed by atoms with van der Waals surface area (Å²) in [5, 5.41) is 24.2. The molecule has 0 bridgehead atoms. The lowest BCUT2D eigenvalue weighted by Crippen LogP contribution is -2.30. The molecule has 5 nitrogen and oxygen atoms in total. The van der Waals surface area contributed by atoms with Crippen molar-refractivity contribution >= 4 is 11.4 Å². The number of hydrogen-bond donors (Lipinski definition) is 2. The summed E-state index contributed by atoms with van der Waals surface area (Å²) in [6.45, 7) is 1.62. The quantitative estimate of drug-likeness (QED) is 0.655. The van der Waals surface area contributed by atoms with Crippen molar-refractivity contribution in [2.24, 2.45) is 0 Å². The normalized spacial score (nSPS) is 13.5. The lowest BCUT2D eigenvalue weighted by Gasteiger charge is -2.24. The van der Waals surface area contributed by atoms with Crippen molar-refractivity contribution in [1.82, 2.24) is 0 Å². The maximum absolute atomic E-state index is 12.9. The van der Waals surface area contributed by atoms with Crippen LogP contribution in [-0.2, 0) is 5.60 Å². The summed E-state index contributed by atoms with van der Waals surface area (Å²) >= 11 is 0. The van der Waals surface area contributed by atoms with E-state index in [0.717, 1.165) is 0 Å². The Bertz CT molecular complexity index is 642. The van der Waals surface area contributed by atoms with Gasteiger partial charge in [0.15, 0.2) is 0 Å². The molecule has 110 valence electrons. The highest BCUT2D eigenvalue weighted by molar-refractivity contribution is 5.61. The van der Waals surface area contributed by atoms with Gasteiger partial charge in [-0.3, -0.25) is 10.1 Å². The van der Waals surface area contributed by atoms with Crippen molar-refractivity contribution in [1.29, 1.82) is 0 Å².